The Hall–Kier alpha value is -2.58. The highest BCUT2D eigenvalue weighted by atomic mass is 32.2. The maximum atomic E-state index is 14.2. The molecule has 8 heteroatoms. The number of hydrogen-bond acceptors (Lipinski definition) is 6. The van der Waals surface area contributed by atoms with Crippen molar-refractivity contribution < 1.29 is 27.4 Å². The Bertz CT molecular complexity index is 1250. The van der Waals surface area contributed by atoms with Gasteiger partial charge in [0.15, 0.2) is 0 Å². The predicted octanol–water partition coefficient (Wildman–Crippen LogP) is 4.82. The third kappa shape index (κ3) is 4.85. The van der Waals surface area contributed by atoms with Crippen molar-refractivity contribution >= 4 is 21.7 Å². The van der Waals surface area contributed by atoms with Crippen molar-refractivity contribution in [3.8, 4) is 5.75 Å². The monoisotopic (exact) mass is 513 g/mol. The van der Waals surface area contributed by atoms with Crippen LogP contribution in [0.2, 0.25) is 0 Å². The maximum absolute atomic E-state index is 14.2. The van der Waals surface area contributed by atoms with Gasteiger partial charge in [0.1, 0.15) is 11.3 Å². The van der Waals surface area contributed by atoms with E-state index in [0.717, 1.165) is 60.9 Å². The summed E-state index contributed by atoms with van der Waals surface area (Å²) in [4.78, 5) is 12.8. The molecular weight excluding hydrogens is 478 g/mol. The zero-order valence-corrected chi connectivity index (χ0v) is 22.1. The van der Waals surface area contributed by atoms with Gasteiger partial charge >= 0.3 is 5.97 Å². The molecule has 2 heterocycles. The summed E-state index contributed by atoms with van der Waals surface area (Å²) >= 11 is 0. The smallest absolute Gasteiger partial charge is 0.341 e. The molecule has 1 saturated heterocycles. The Morgan fingerprint density at radius 2 is 1.81 bits per heavy atom. The number of anilines is 1. The van der Waals surface area contributed by atoms with E-state index in [4.69, 9.17) is 14.2 Å². The van der Waals surface area contributed by atoms with Crippen molar-refractivity contribution in [2.75, 3.05) is 31.2 Å². The van der Waals surface area contributed by atoms with E-state index in [1.807, 2.05) is 19.9 Å². The highest BCUT2D eigenvalue weighted by Crippen LogP contribution is 2.46. The first-order chi connectivity index (χ1) is 17.3. The zero-order chi connectivity index (χ0) is 25.4. The van der Waals surface area contributed by atoms with E-state index in [9.17, 15) is 13.2 Å². The predicted molar refractivity (Wildman–Crippen MR) is 137 cm³/mol. The molecule has 2 aromatic rings. The van der Waals surface area contributed by atoms with Crippen LogP contribution in [0.4, 0.5) is 5.69 Å². The van der Waals surface area contributed by atoms with Gasteiger partial charge in [-0.25, -0.2) is 13.2 Å². The molecule has 0 bridgehead atoms. The molecule has 2 aromatic carbocycles. The number of methoxy groups -OCH3 is 1. The number of hydrogen-bond donors (Lipinski definition) is 0. The molecule has 0 amide bonds. The summed E-state index contributed by atoms with van der Waals surface area (Å²) in [6, 6.07) is 8.64. The van der Waals surface area contributed by atoms with Gasteiger partial charge in [0.25, 0.3) is 10.0 Å². The summed E-state index contributed by atoms with van der Waals surface area (Å²) in [5, 5.41) is 0. The molecule has 194 valence electrons. The fourth-order valence-corrected chi connectivity index (χ4v) is 7.52. The molecule has 0 radical (unpaired) electrons. The van der Waals surface area contributed by atoms with Gasteiger partial charge in [0.2, 0.25) is 0 Å². The van der Waals surface area contributed by atoms with Gasteiger partial charge in [-0.1, -0.05) is 17.7 Å². The quantitative estimate of drug-likeness (QED) is 0.494. The molecule has 1 unspecified atom stereocenters. The minimum absolute atomic E-state index is 0.0741. The largest absolute Gasteiger partial charge is 0.492 e. The van der Waals surface area contributed by atoms with E-state index < -0.39 is 16.0 Å². The molecule has 7 nitrogen and oxygen atoms in total. The molecule has 0 aromatic heterocycles. The third-order valence-corrected chi connectivity index (χ3v) is 9.47. The minimum atomic E-state index is -3.93. The van der Waals surface area contributed by atoms with Crippen LogP contribution < -0.4 is 9.04 Å². The fraction of sp³-hybridized carbons (Fsp3) is 0.536. The summed E-state index contributed by atoms with van der Waals surface area (Å²) in [6.07, 6.45) is 5.56. The van der Waals surface area contributed by atoms with E-state index in [0.29, 0.717) is 37.4 Å². The Morgan fingerprint density at radius 1 is 1.06 bits per heavy atom. The molecule has 36 heavy (non-hydrogen) atoms. The number of benzene rings is 2. The standard InChI is InChI=1S/C28H35NO6S/c1-18-14-19(2)27-22(15-18)6-8-25(21-4-5-21)29(27)36(31,32)23-7-9-26(24(16-23)28(30)33-3)35-17-20-10-12-34-13-11-20/h7,9,14-16,20-21,25H,4-6,8,10-13,17H2,1-3H3. The molecular formula is C28H35NO6S. The van der Waals surface area contributed by atoms with Crippen molar-refractivity contribution in [1.82, 2.24) is 0 Å². The Morgan fingerprint density at radius 3 is 2.50 bits per heavy atom. The lowest BCUT2D eigenvalue weighted by molar-refractivity contribution is 0.0483. The second-order valence-corrected chi connectivity index (χ2v) is 12.2. The van der Waals surface area contributed by atoms with Crippen molar-refractivity contribution in [2.24, 2.45) is 11.8 Å². The number of carbonyl (C=O) groups is 1. The lowest BCUT2D eigenvalue weighted by Crippen LogP contribution is -2.45. The van der Waals surface area contributed by atoms with Crippen LogP contribution >= 0.6 is 0 Å². The second kappa shape index (κ2) is 10.1. The number of ether oxygens (including phenoxy) is 3. The highest BCUT2D eigenvalue weighted by Gasteiger charge is 2.44. The minimum Gasteiger partial charge on any atom is -0.492 e. The van der Waals surface area contributed by atoms with Gasteiger partial charge in [-0.3, -0.25) is 4.31 Å². The second-order valence-electron chi connectivity index (χ2n) is 10.4. The summed E-state index contributed by atoms with van der Waals surface area (Å²) in [6.45, 7) is 5.87. The third-order valence-electron chi connectivity index (χ3n) is 7.65. The highest BCUT2D eigenvalue weighted by molar-refractivity contribution is 7.92. The van der Waals surface area contributed by atoms with Gasteiger partial charge in [-0.05, 0) is 93.5 Å². The fourth-order valence-electron chi connectivity index (χ4n) is 5.65. The van der Waals surface area contributed by atoms with Gasteiger partial charge in [-0.15, -0.1) is 0 Å². The first kappa shape index (κ1) is 25.1. The average Bonchev–Trinajstić information content (AvgIpc) is 3.72. The SMILES string of the molecule is COC(=O)c1cc(S(=O)(=O)N2c3c(C)cc(C)cc3CCC2C2CC2)ccc1OCC1CCOCC1. The van der Waals surface area contributed by atoms with Gasteiger partial charge in [0, 0.05) is 19.3 Å². The average molecular weight is 514 g/mol. The van der Waals surface area contributed by atoms with Gasteiger partial charge in [-0.2, -0.15) is 0 Å². The summed E-state index contributed by atoms with van der Waals surface area (Å²) in [5.41, 5.74) is 4.09. The number of rotatable bonds is 7. The van der Waals surface area contributed by atoms with E-state index in [1.165, 1.54) is 13.2 Å². The topological polar surface area (TPSA) is 82.1 Å². The lowest BCUT2D eigenvalue weighted by Gasteiger charge is -2.39. The Labute approximate surface area is 213 Å². The van der Waals surface area contributed by atoms with E-state index >= 15 is 0 Å². The molecule has 3 aliphatic rings. The van der Waals surface area contributed by atoms with Crippen LogP contribution in [0.1, 0.15) is 59.2 Å². The summed E-state index contributed by atoms with van der Waals surface area (Å²) < 4.78 is 46.5. The maximum Gasteiger partial charge on any atom is 0.341 e. The van der Waals surface area contributed by atoms with Gasteiger partial charge in [0.05, 0.1) is 24.3 Å². The van der Waals surface area contributed by atoms with Crippen LogP contribution in [-0.2, 0) is 25.9 Å². The number of esters is 1. The van der Waals surface area contributed by atoms with Crippen LogP contribution in [-0.4, -0.2) is 47.4 Å². The number of fused-ring (bicyclic) bond motifs is 1. The first-order valence-electron chi connectivity index (χ1n) is 12.9. The molecule has 5 rings (SSSR count). The van der Waals surface area contributed by atoms with E-state index in [1.54, 1.807) is 16.4 Å². The molecule has 2 fully saturated rings. The molecule has 0 N–H and O–H groups in total. The number of carbonyl (C=O) groups excluding carboxylic acids is 1. The zero-order valence-electron chi connectivity index (χ0n) is 21.3. The molecule has 1 atom stereocenters. The van der Waals surface area contributed by atoms with Crippen LogP contribution in [0.15, 0.2) is 35.2 Å². The van der Waals surface area contributed by atoms with Crippen molar-refractivity contribution in [3.05, 3.63) is 52.6 Å². The van der Waals surface area contributed by atoms with E-state index in [2.05, 4.69) is 6.07 Å². The van der Waals surface area contributed by atoms with Crippen molar-refractivity contribution in [2.45, 2.75) is 63.3 Å². The van der Waals surface area contributed by atoms with Crippen LogP contribution in [0, 0.1) is 25.7 Å². The van der Waals surface area contributed by atoms with Crippen LogP contribution in [0.3, 0.4) is 0 Å². The van der Waals surface area contributed by atoms with Crippen molar-refractivity contribution in [1.29, 1.82) is 0 Å². The molecule has 0 spiro atoms. The van der Waals surface area contributed by atoms with Crippen LogP contribution in [0.25, 0.3) is 0 Å². The summed E-state index contributed by atoms with van der Waals surface area (Å²) in [5.74, 6) is 0.439. The number of aryl methyl sites for hydroxylation is 3. The van der Waals surface area contributed by atoms with E-state index in [-0.39, 0.29) is 16.5 Å². The molecule has 1 aliphatic carbocycles. The van der Waals surface area contributed by atoms with Crippen LogP contribution in [0.5, 0.6) is 5.75 Å². The first-order valence-corrected chi connectivity index (χ1v) is 14.3. The number of nitrogens with zero attached hydrogens (tertiary/aromatic N) is 1. The van der Waals surface area contributed by atoms with Gasteiger partial charge < -0.3 is 14.2 Å². The normalized spacial score (nSPS) is 20.6. The summed E-state index contributed by atoms with van der Waals surface area (Å²) in [7, 11) is -2.63. The molecule has 2 aliphatic heterocycles. The molecule has 1 saturated carbocycles. The number of sulfonamides is 1. The van der Waals surface area contributed by atoms with Crippen molar-refractivity contribution in [3.63, 3.8) is 0 Å². The lowest BCUT2D eigenvalue weighted by atomic mass is 9.92. The Balaban J connectivity index is 1.52. The Kier molecular flexibility index (Phi) is 7.01.